The van der Waals surface area contributed by atoms with E-state index in [0.717, 1.165) is 68.0 Å². The number of anilines is 2. The summed E-state index contributed by atoms with van der Waals surface area (Å²) in [5.74, 6) is 3.85. The van der Waals surface area contributed by atoms with Gasteiger partial charge in [-0.3, -0.25) is 0 Å². The lowest BCUT2D eigenvalue weighted by Gasteiger charge is -2.37. The van der Waals surface area contributed by atoms with E-state index in [1.165, 1.54) is 24.1 Å². The fourth-order valence-corrected chi connectivity index (χ4v) is 4.16. The van der Waals surface area contributed by atoms with Gasteiger partial charge < -0.3 is 9.80 Å². The van der Waals surface area contributed by atoms with Gasteiger partial charge in [0.25, 0.3) is 0 Å². The van der Waals surface area contributed by atoms with Crippen LogP contribution in [0.4, 0.5) is 11.6 Å². The molecule has 0 radical (unpaired) electrons. The highest BCUT2D eigenvalue weighted by molar-refractivity contribution is 5.53. The molecule has 2 aliphatic rings. The number of fused-ring (bicyclic) bond motifs is 2. The summed E-state index contributed by atoms with van der Waals surface area (Å²) in [6.07, 6.45) is 4.69. The Hall–Kier alpha value is -2.77. The monoisotopic (exact) mass is 364 g/mol. The van der Waals surface area contributed by atoms with Gasteiger partial charge in [-0.05, 0) is 51.7 Å². The summed E-state index contributed by atoms with van der Waals surface area (Å²) >= 11 is 0. The quantitative estimate of drug-likeness (QED) is 0.685. The maximum absolute atomic E-state index is 4.81. The van der Waals surface area contributed by atoms with Crippen molar-refractivity contribution in [1.29, 1.82) is 0 Å². The molecule has 0 spiro atoms. The fourth-order valence-electron chi connectivity index (χ4n) is 4.16. The molecule has 1 aliphatic heterocycles. The predicted octanol–water partition coefficient (Wildman–Crippen LogP) is 1.74. The van der Waals surface area contributed by atoms with E-state index >= 15 is 0 Å². The van der Waals surface area contributed by atoms with E-state index in [0.29, 0.717) is 0 Å². The minimum Gasteiger partial charge on any atom is -0.353 e. The van der Waals surface area contributed by atoms with E-state index in [2.05, 4.69) is 20.0 Å². The summed E-state index contributed by atoms with van der Waals surface area (Å²) in [5, 5.41) is 12.9. The van der Waals surface area contributed by atoms with E-state index in [9.17, 15) is 0 Å². The van der Waals surface area contributed by atoms with Crippen molar-refractivity contribution in [2.24, 2.45) is 0 Å². The Balaban J connectivity index is 1.37. The van der Waals surface area contributed by atoms with Gasteiger partial charge in [0.15, 0.2) is 11.5 Å². The molecular weight excluding hydrogens is 340 g/mol. The number of hydrogen-bond donors (Lipinski definition) is 0. The van der Waals surface area contributed by atoms with Gasteiger partial charge in [-0.25, -0.2) is 9.97 Å². The molecule has 4 heterocycles. The van der Waals surface area contributed by atoms with Gasteiger partial charge in [-0.15, -0.1) is 15.3 Å². The molecule has 0 saturated carbocycles. The Kier molecular flexibility index (Phi) is 3.91. The second-order valence-electron chi connectivity index (χ2n) is 7.41. The Labute approximate surface area is 158 Å². The molecule has 0 bridgehead atoms. The molecule has 1 aliphatic carbocycles. The third-order valence-corrected chi connectivity index (χ3v) is 5.58. The lowest BCUT2D eigenvalue weighted by Crippen LogP contribution is -2.47. The van der Waals surface area contributed by atoms with E-state index in [-0.39, 0.29) is 0 Å². The van der Waals surface area contributed by atoms with Crippen LogP contribution < -0.4 is 9.80 Å². The largest absolute Gasteiger partial charge is 0.353 e. The average Bonchev–Trinajstić information content (AvgIpc) is 3.08. The van der Waals surface area contributed by atoms with Crippen LogP contribution in [0.3, 0.4) is 0 Å². The van der Waals surface area contributed by atoms with Crippen molar-refractivity contribution < 1.29 is 0 Å². The first kappa shape index (κ1) is 16.4. The Bertz CT molecular complexity index is 987. The van der Waals surface area contributed by atoms with Crippen molar-refractivity contribution >= 4 is 17.3 Å². The average molecular weight is 364 g/mol. The Morgan fingerprint density at radius 1 is 0.852 bits per heavy atom. The van der Waals surface area contributed by atoms with Crippen LogP contribution in [0.5, 0.6) is 0 Å². The molecule has 1 fully saturated rings. The zero-order chi connectivity index (χ0) is 18.4. The number of rotatable bonds is 2. The molecule has 0 atom stereocenters. The van der Waals surface area contributed by atoms with Gasteiger partial charge in [-0.2, -0.15) is 4.52 Å². The van der Waals surface area contributed by atoms with Crippen LogP contribution in [0.2, 0.25) is 0 Å². The molecule has 1 saturated heterocycles. The number of aryl methyl sites for hydroxylation is 3. The number of piperazine rings is 1. The van der Waals surface area contributed by atoms with Gasteiger partial charge in [0, 0.05) is 37.4 Å². The van der Waals surface area contributed by atoms with Crippen LogP contribution in [-0.2, 0) is 12.8 Å². The van der Waals surface area contributed by atoms with Crippen molar-refractivity contribution in [3.8, 4) is 0 Å². The number of nitrogens with zero attached hydrogens (tertiary/aromatic N) is 8. The highest BCUT2D eigenvalue weighted by Gasteiger charge is 2.25. The van der Waals surface area contributed by atoms with E-state index in [1.807, 2.05) is 30.5 Å². The molecule has 0 unspecified atom stereocenters. The minimum absolute atomic E-state index is 0.790. The smallest absolute Gasteiger partial charge is 0.178 e. The predicted molar refractivity (Wildman–Crippen MR) is 103 cm³/mol. The molecule has 8 nitrogen and oxygen atoms in total. The minimum atomic E-state index is 0.790. The molecule has 27 heavy (non-hydrogen) atoms. The van der Waals surface area contributed by atoms with E-state index < -0.39 is 0 Å². The van der Waals surface area contributed by atoms with Crippen molar-refractivity contribution in [3.05, 3.63) is 35.0 Å². The SMILES string of the molecule is Cc1nc2c(c(N3CCN(c4ccc5nnc(C)n5n4)CC3)n1)CCCC2. The van der Waals surface area contributed by atoms with Gasteiger partial charge in [0.2, 0.25) is 0 Å². The topological polar surface area (TPSA) is 75.3 Å². The number of aromatic nitrogens is 6. The molecule has 5 rings (SSSR count). The molecule has 0 N–H and O–H groups in total. The van der Waals surface area contributed by atoms with E-state index in [1.54, 1.807) is 0 Å². The van der Waals surface area contributed by atoms with Crippen LogP contribution in [-0.4, -0.2) is 56.0 Å². The van der Waals surface area contributed by atoms with Crippen LogP contribution in [0.1, 0.15) is 35.7 Å². The second kappa shape index (κ2) is 6.44. The first-order chi connectivity index (χ1) is 13.2. The maximum Gasteiger partial charge on any atom is 0.178 e. The molecular formula is C19H24N8. The summed E-state index contributed by atoms with van der Waals surface area (Å²) in [6, 6.07) is 4.02. The van der Waals surface area contributed by atoms with Crippen LogP contribution in [0.15, 0.2) is 12.1 Å². The third kappa shape index (κ3) is 2.89. The summed E-state index contributed by atoms with van der Waals surface area (Å²) in [6.45, 7) is 7.69. The van der Waals surface area contributed by atoms with Crippen molar-refractivity contribution in [1.82, 2.24) is 29.8 Å². The van der Waals surface area contributed by atoms with Crippen molar-refractivity contribution in [2.75, 3.05) is 36.0 Å². The first-order valence-corrected chi connectivity index (χ1v) is 9.74. The van der Waals surface area contributed by atoms with Crippen molar-refractivity contribution in [2.45, 2.75) is 39.5 Å². The van der Waals surface area contributed by atoms with Crippen LogP contribution >= 0.6 is 0 Å². The Morgan fingerprint density at radius 2 is 1.63 bits per heavy atom. The standard InChI is InChI=1S/C19H24N8/c1-13-20-16-6-4-3-5-15(16)19(21-13)26-11-9-25(10-12-26)18-8-7-17-23-22-14(2)27(17)24-18/h7-8H,3-6,9-12H2,1-2H3. The zero-order valence-electron chi connectivity index (χ0n) is 15.9. The molecule has 8 heteroatoms. The van der Waals surface area contributed by atoms with E-state index in [4.69, 9.17) is 15.1 Å². The zero-order valence-corrected chi connectivity index (χ0v) is 15.9. The summed E-state index contributed by atoms with van der Waals surface area (Å²) < 4.78 is 1.81. The molecule has 0 amide bonds. The summed E-state index contributed by atoms with van der Waals surface area (Å²) in [4.78, 5) is 14.3. The first-order valence-electron chi connectivity index (χ1n) is 9.74. The maximum atomic E-state index is 4.81. The Morgan fingerprint density at radius 3 is 2.48 bits per heavy atom. The highest BCUT2D eigenvalue weighted by atomic mass is 15.4. The van der Waals surface area contributed by atoms with Crippen LogP contribution in [0, 0.1) is 13.8 Å². The van der Waals surface area contributed by atoms with Gasteiger partial charge in [-0.1, -0.05) is 0 Å². The molecule has 140 valence electrons. The fraction of sp³-hybridized carbons (Fsp3) is 0.526. The number of hydrogen-bond acceptors (Lipinski definition) is 7. The lowest BCUT2D eigenvalue weighted by molar-refractivity contribution is 0.614. The second-order valence-corrected chi connectivity index (χ2v) is 7.41. The van der Waals surface area contributed by atoms with Crippen molar-refractivity contribution in [3.63, 3.8) is 0 Å². The summed E-state index contributed by atoms with van der Waals surface area (Å²) in [5.41, 5.74) is 3.43. The summed E-state index contributed by atoms with van der Waals surface area (Å²) in [7, 11) is 0. The van der Waals surface area contributed by atoms with Gasteiger partial charge >= 0.3 is 0 Å². The molecule has 3 aromatic heterocycles. The molecule has 0 aromatic carbocycles. The molecule has 3 aromatic rings. The third-order valence-electron chi connectivity index (χ3n) is 5.58. The lowest BCUT2D eigenvalue weighted by atomic mass is 9.96. The highest BCUT2D eigenvalue weighted by Crippen LogP contribution is 2.29. The van der Waals surface area contributed by atoms with Gasteiger partial charge in [0.1, 0.15) is 17.5 Å². The van der Waals surface area contributed by atoms with Gasteiger partial charge in [0.05, 0.1) is 0 Å². The normalized spacial score (nSPS) is 17.4. The van der Waals surface area contributed by atoms with Crippen LogP contribution in [0.25, 0.3) is 5.65 Å².